The second kappa shape index (κ2) is 13.9. The van der Waals surface area contributed by atoms with Gasteiger partial charge in [0.15, 0.2) is 0 Å². The Morgan fingerprint density at radius 2 is 1.43 bits per heavy atom. The summed E-state index contributed by atoms with van der Waals surface area (Å²) in [5, 5.41) is 3.61. The Bertz CT molecular complexity index is 684. The van der Waals surface area contributed by atoms with Crippen molar-refractivity contribution in [3.8, 4) is 11.5 Å². The fraction of sp³-hybridized carbons (Fsp3) is 0.600. The van der Waals surface area contributed by atoms with Crippen molar-refractivity contribution in [3.63, 3.8) is 0 Å². The number of fused-ring (bicyclic) bond motifs is 1. The Morgan fingerprint density at radius 3 is 2.18 bits per heavy atom. The second-order valence-electron chi connectivity index (χ2n) is 7.64. The molecule has 0 N–H and O–H groups in total. The number of unbranched alkanes of at least 4 members (excludes halogenated alkanes) is 8. The van der Waals surface area contributed by atoms with Gasteiger partial charge < -0.3 is 9.47 Å². The van der Waals surface area contributed by atoms with Crippen molar-refractivity contribution in [1.82, 2.24) is 0 Å². The molecule has 2 rings (SSSR count). The topological polar surface area (TPSA) is 18.5 Å². The number of alkyl halides is 1. The molecule has 3 heteroatoms. The molecular weight excluding hydrogens is 412 g/mol. The molecule has 0 aliphatic rings. The van der Waals surface area contributed by atoms with E-state index in [9.17, 15) is 0 Å². The highest BCUT2D eigenvalue weighted by molar-refractivity contribution is 9.09. The largest absolute Gasteiger partial charge is 0.494 e. The average Bonchev–Trinajstić information content (AvgIpc) is 2.71. The van der Waals surface area contributed by atoms with E-state index in [2.05, 4.69) is 60.1 Å². The number of benzene rings is 2. The SMILES string of the molecule is CCCCCCOc1ccc2cc(OCCCCCCCCBr)ccc2c1C. The van der Waals surface area contributed by atoms with E-state index in [1.807, 2.05) is 0 Å². The van der Waals surface area contributed by atoms with E-state index in [1.165, 1.54) is 67.7 Å². The number of ether oxygens (including phenoxy) is 2. The lowest BCUT2D eigenvalue weighted by Gasteiger charge is -2.13. The first-order valence-corrected chi connectivity index (χ1v) is 12.2. The molecule has 0 atom stereocenters. The molecule has 28 heavy (non-hydrogen) atoms. The van der Waals surface area contributed by atoms with E-state index in [0.717, 1.165) is 42.9 Å². The Labute approximate surface area is 180 Å². The lowest BCUT2D eigenvalue weighted by molar-refractivity contribution is 0.303. The van der Waals surface area contributed by atoms with Crippen LogP contribution in [0.5, 0.6) is 11.5 Å². The van der Waals surface area contributed by atoms with E-state index in [-0.39, 0.29) is 0 Å². The normalized spacial score (nSPS) is 11.1. The van der Waals surface area contributed by atoms with Gasteiger partial charge in [0, 0.05) is 5.33 Å². The van der Waals surface area contributed by atoms with Crippen LogP contribution in [-0.4, -0.2) is 18.5 Å². The van der Waals surface area contributed by atoms with Crippen LogP contribution in [0.3, 0.4) is 0 Å². The third-order valence-electron chi connectivity index (χ3n) is 5.26. The third-order valence-corrected chi connectivity index (χ3v) is 5.82. The lowest BCUT2D eigenvalue weighted by atomic mass is 10.0. The van der Waals surface area contributed by atoms with E-state index in [4.69, 9.17) is 9.47 Å². The molecule has 0 amide bonds. The maximum Gasteiger partial charge on any atom is 0.122 e. The maximum absolute atomic E-state index is 6.01. The first-order chi connectivity index (χ1) is 13.8. The molecule has 0 aliphatic heterocycles. The summed E-state index contributed by atoms with van der Waals surface area (Å²) in [5.74, 6) is 1.98. The molecule has 0 heterocycles. The quantitative estimate of drug-likeness (QED) is 0.201. The summed E-state index contributed by atoms with van der Waals surface area (Å²) >= 11 is 3.49. The minimum Gasteiger partial charge on any atom is -0.494 e. The highest BCUT2D eigenvalue weighted by atomic mass is 79.9. The summed E-state index contributed by atoms with van der Waals surface area (Å²) in [6, 6.07) is 10.7. The van der Waals surface area contributed by atoms with Gasteiger partial charge in [-0.1, -0.05) is 79.9 Å². The summed E-state index contributed by atoms with van der Waals surface area (Å²) in [6.07, 6.45) is 12.6. The highest BCUT2D eigenvalue weighted by Gasteiger charge is 2.06. The predicted molar refractivity (Wildman–Crippen MR) is 125 cm³/mol. The van der Waals surface area contributed by atoms with Crippen molar-refractivity contribution in [2.75, 3.05) is 18.5 Å². The van der Waals surface area contributed by atoms with Gasteiger partial charge in [0.2, 0.25) is 0 Å². The molecule has 0 saturated carbocycles. The molecule has 0 radical (unpaired) electrons. The molecule has 156 valence electrons. The van der Waals surface area contributed by atoms with Crippen molar-refractivity contribution < 1.29 is 9.47 Å². The molecule has 0 bridgehead atoms. The standard InChI is InChI=1S/C25H37BrO2/c1-3-4-5-11-19-28-25-16-13-22-20-23(14-15-24(22)21(25)2)27-18-12-9-7-6-8-10-17-26/h13-16,20H,3-12,17-19H2,1-2H3. The third kappa shape index (κ3) is 8.03. The first kappa shape index (κ1) is 23.1. The zero-order valence-corrected chi connectivity index (χ0v) is 19.4. The van der Waals surface area contributed by atoms with Crippen molar-refractivity contribution in [1.29, 1.82) is 0 Å². The van der Waals surface area contributed by atoms with Gasteiger partial charge in [0.25, 0.3) is 0 Å². The molecule has 2 nitrogen and oxygen atoms in total. The first-order valence-electron chi connectivity index (χ1n) is 11.1. The van der Waals surface area contributed by atoms with Gasteiger partial charge in [-0.05, 0) is 60.7 Å². The van der Waals surface area contributed by atoms with E-state index < -0.39 is 0 Å². The molecule has 2 aromatic carbocycles. The summed E-state index contributed by atoms with van der Waals surface area (Å²) in [5.41, 5.74) is 1.23. The lowest BCUT2D eigenvalue weighted by Crippen LogP contribution is -2.00. The average molecular weight is 449 g/mol. The Kier molecular flexibility index (Phi) is 11.4. The van der Waals surface area contributed by atoms with Gasteiger partial charge in [-0.2, -0.15) is 0 Å². The van der Waals surface area contributed by atoms with Gasteiger partial charge in [-0.3, -0.25) is 0 Å². The number of hydrogen-bond donors (Lipinski definition) is 0. The minimum atomic E-state index is 0.807. The van der Waals surface area contributed by atoms with E-state index in [0.29, 0.717) is 0 Å². The molecule has 0 aliphatic carbocycles. The smallest absolute Gasteiger partial charge is 0.122 e. The molecular formula is C25H37BrO2. The Hall–Kier alpha value is -1.22. The van der Waals surface area contributed by atoms with Crippen LogP contribution < -0.4 is 9.47 Å². The van der Waals surface area contributed by atoms with Gasteiger partial charge in [0.05, 0.1) is 13.2 Å². The van der Waals surface area contributed by atoms with Crippen LogP contribution in [0.1, 0.15) is 76.7 Å². The molecule has 0 aromatic heterocycles. The monoisotopic (exact) mass is 448 g/mol. The van der Waals surface area contributed by atoms with E-state index in [1.54, 1.807) is 0 Å². The van der Waals surface area contributed by atoms with Crippen LogP contribution in [0.2, 0.25) is 0 Å². The van der Waals surface area contributed by atoms with Crippen LogP contribution in [0.15, 0.2) is 30.3 Å². The van der Waals surface area contributed by atoms with Crippen LogP contribution in [0, 0.1) is 6.92 Å². The van der Waals surface area contributed by atoms with Gasteiger partial charge in [-0.15, -0.1) is 0 Å². The second-order valence-corrected chi connectivity index (χ2v) is 8.43. The van der Waals surface area contributed by atoms with Crippen molar-refractivity contribution in [2.45, 2.75) is 78.1 Å². The Morgan fingerprint density at radius 1 is 0.750 bits per heavy atom. The van der Waals surface area contributed by atoms with Crippen molar-refractivity contribution >= 4 is 26.7 Å². The molecule has 0 fully saturated rings. The van der Waals surface area contributed by atoms with E-state index >= 15 is 0 Å². The van der Waals surface area contributed by atoms with Crippen LogP contribution in [0.4, 0.5) is 0 Å². The Balaban J connectivity index is 1.79. The summed E-state index contributed by atoms with van der Waals surface area (Å²) < 4.78 is 12.0. The zero-order chi connectivity index (χ0) is 20.0. The zero-order valence-electron chi connectivity index (χ0n) is 17.8. The number of rotatable bonds is 15. The molecule has 0 saturated heterocycles. The maximum atomic E-state index is 6.01. The molecule has 0 spiro atoms. The molecule has 0 unspecified atom stereocenters. The summed E-state index contributed by atoms with van der Waals surface area (Å²) in [4.78, 5) is 0. The number of hydrogen-bond acceptors (Lipinski definition) is 2. The fourth-order valence-corrected chi connectivity index (χ4v) is 3.89. The van der Waals surface area contributed by atoms with Crippen molar-refractivity contribution in [2.24, 2.45) is 0 Å². The number of aryl methyl sites for hydroxylation is 1. The van der Waals surface area contributed by atoms with Crippen LogP contribution >= 0.6 is 15.9 Å². The van der Waals surface area contributed by atoms with Crippen molar-refractivity contribution in [3.05, 3.63) is 35.9 Å². The van der Waals surface area contributed by atoms with Gasteiger partial charge in [-0.25, -0.2) is 0 Å². The predicted octanol–water partition coefficient (Wildman–Crippen LogP) is 8.22. The molecule has 2 aromatic rings. The highest BCUT2D eigenvalue weighted by Crippen LogP contribution is 2.30. The summed E-state index contributed by atoms with van der Waals surface area (Å²) in [6.45, 7) is 6.00. The summed E-state index contributed by atoms with van der Waals surface area (Å²) in [7, 11) is 0. The van der Waals surface area contributed by atoms with Gasteiger partial charge >= 0.3 is 0 Å². The minimum absolute atomic E-state index is 0.807. The van der Waals surface area contributed by atoms with Gasteiger partial charge in [0.1, 0.15) is 11.5 Å². The number of halogens is 1. The van der Waals surface area contributed by atoms with Crippen LogP contribution in [-0.2, 0) is 0 Å². The van der Waals surface area contributed by atoms with Crippen LogP contribution in [0.25, 0.3) is 10.8 Å². The fourth-order valence-electron chi connectivity index (χ4n) is 3.49.